The first-order valence-corrected chi connectivity index (χ1v) is 5.47. The Labute approximate surface area is 99.8 Å². The molecule has 7 nitrogen and oxygen atoms in total. The van der Waals surface area contributed by atoms with Gasteiger partial charge < -0.3 is 10.6 Å². The normalized spacial score (nSPS) is 10.3. The quantitative estimate of drug-likeness (QED) is 0.617. The Morgan fingerprint density at radius 2 is 2.12 bits per heavy atom. The summed E-state index contributed by atoms with van der Waals surface area (Å²) in [5, 5.41) is 11.0. The predicted octanol–water partition coefficient (Wildman–Crippen LogP) is 1.51. The molecule has 1 aromatic rings. The number of aromatic nitrogens is 2. The molecule has 0 spiro atoms. The van der Waals surface area contributed by atoms with Crippen LogP contribution in [0.25, 0.3) is 0 Å². The zero-order valence-electron chi connectivity index (χ0n) is 10.3. The Hall–Kier alpha value is -1.92. The molecule has 1 heterocycles. The Bertz CT molecular complexity index is 421. The first kappa shape index (κ1) is 13.1. The van der Waals surface area contributed by atoms with Crippen molar-refractivity contribution in [2.45, 2.75) is 26.7 Å². The van der Waals surface area contributed by atoms with Crippen LogP contribution in [0.3, 0.4) is 0 Å². The van der Waals surface area contributed by atoms with E-state index in [9.17, 15) is 10.1 Å². The molecule has 0 atom stereocenters. The fourth-order valence-electron chi connectivity index (χ4n) is 1.55. The number of nitrogen functional groups attached to an aromatic ring is 1. The zero-order chi connectivity index (χ0) is 13.0. The second kappa shape index (κ2) is 5.42. The van der Waals surface area contributed by atoms with Crippen molar-refractivity contribution in [3.05, 3.63) is 15.8 Å². The highest BCUT2D eigenvalue weighted by molar-refractivity contribution is 5.61. The van der Waals surface area contributed by atoms with E-state index in [1.165, 1.54) is 0 Å². The van der Waals surface area contributed by atoms with Gasteiger partial charge in [-0.25, -0.2) is 4.98 Å². The molecule has 0 aliphatic heterocycles. The molecule has 94 valence electrons. The minimum absolute atomic E-state index is 0.0615. The molecule has 0 aliphatic rings. The van der Waals surface area contributed by atoms with Gasteiger partial charge in [0.25, 0.3) is 0 Å². The molecule has 0 aromatic carbocycles. The lowest BCUT2D eigenvalue weighted by Crippen LogP contribution is -2.22. The molecular formula is C10H17N5O2. The third-order valence-electron chi connectivity index (χ3n) is 2.45. The SMILES string of the molecule is CCCCN(C)c1nc(N)nc(C)c1[N+](=O)[O-]. The van der Waals surface area contributed by atoms with E-state index in [1.807, 2.05) is 0 Å². The van der Waals surface area contributed by atoms with Gasteiger partial charge in [-0.2, -0.15) is 4.98 Å². The summed E-state index contributed by atoms with van der Waals surface area (Å²) < 4.78 is 0. The molecule has 0 bridgehead atoms. The van der Waals surface area contributed by atoms with Crippen molar-refractivity contribution >= 4 is 17.5 Å². The molecule has 0 amide bonds. The van der Waals surface area contributed by atoms with Crippen LogP contribution in [0.15, 0.2) is 0 Å². The molecule has 0 aliphatic carbocycles. The molecule has 17 heavy (non-hydrogen) atoms. The van der Waals surface area contributed by atoms with Crippen LogP contribution in [-0.4, -0.2) is 28.5 Å². The minimum Gasteiger partial charge on any atom is -0.368 e. The smallest absolute Gasteiger partial charge is 0.332 e. The highest BCUT2D eigenvalue weighted by atomic mass is 16.6. The summed E-state index contributed by atoms with van der Waals surface area (Å²) in [4.78, 5) is 20.0. The molecular weight excluding hydrogens is 222 g/mol. The summed E-state index contributed by atoms with van der Waals surface area (Å²) in [5.74, 6) is 0.347. The summed E-state index contributed by atoms with van der Waals surface area (Å²) in [7, 11) is 1.77. The molecule has 0 radical (unpaired) electrons. The van der Waals surface area contributed by atoms with Gasteiger partial charge in [-0.05, 0) is 13.3 Å². The van der Waals surface area contributed by atoms with Gasteiger partial charge in [-0.1, -0.05) is 13.3 Å². The lowest BCUT2D eigenvalue weighted by molar-refractivity contribution is -0.385. The van der Waals surface area contributed by atoms with E-state index in [4.69, 9.17) is 5.73 Å². The monoisotopic (exact) mass is 239 g/mol. The number of anilines is 2. The third kappa shape index (κ3) is 3.02. The maximum absolute atomic E-state index is 11.0. The fraction of sp³-hybridized carbons (Fsp3) is 0.600. The highest BCUT2D eigenvalue weighted by Gasteiger charge is 2.23. The van der Waals surface area contributed by atoms with Crippen LogP contribution in [0, 0.1) is 17.0 Å². The van der Waals surface area contributed by atoms with E-state index in [0.717, 1.165) is 12.8 Å². The number of nitrogens with two attached hydrogens (primary N) is 1. The van der Waals surface area contributed by atoms with Crippen LogP contribution in [-0.2, 0) is 0 Å². The molecule has 1 aromatic heterocycles. The first-order chi connectivity index (χ1) is 7.97. The molecule has 1 rings (SSSR count). The van der Waals surface area contributed by atoms with Crippen LogP contribution < -0.4 is 10.6 Å². The van der Waals surface area contributed by atoms with E-state index < -0.39 is 4.92 Å². The number of rotatable bonds is 5. The largest absolute Gasteiger partial charge is 0.368 e. The highest BCUT2D eigenvalue weighted by Crippen LogP contribution is 2.28. The van der Waals surface area contributed by atoms with Crippen molar-refractivity contribution in [2.24, 2.45) is 0 Å². The molecule has 2 N–H and O–H groups in total. The maximum atomic E-state index is 11.0. The van der Waals surface area contributed by atoms with Gasteiger partial charge in [-0.3, -0.25) is 10.1 Å². The fourth-order valence-corrected chi connectivity index (χ4v) is 1.55. The Kier molecular flexibility index (Phi) is 4.19. The van der Waals surface area contributed by atoms with Crippen molar-refractivity contribution in [3.8, 4) is 0 Å². The Balaban J connectivity index is 3.15. The van der Waals surface area contributed by atoms with Gasteiger partial charge in [0.05, 0.1) is 4.92 Å². The van der Waals surface area contributed by atoms with Crippen molar-refractivity contribution in [3.63, 3.8) is 0 Å². The summed E-state index contributed by atoms with van der Waals surface area (Å²) >= 11 is 0. The maximum Gasteiger partial charge on any atom is 0.332 e. The average molecular weight is 239 g/mol. The van der Waals surface area contributed by atoms with E-state index in [1.54, 1.807) is 18.9 Å². The minimum atomic E-state index is -0.466. The molecule has 0 saturated carbocycles. The first-order valence-electron chi connectivity index (χ1n) is 5.47. The van der Waals surface area contributed by atoms with Crippen molar-refractivity contribution in [1.29, 1.82) is 0 Å². The number of nitrogens with zero attached hydrogens (tertiary/aromatic N) is 4. The van der Waals surface area contributed by atoms with Crippen LogP contribution >= 0.6 is 0 Å². The summed E-state index contributed by atoms with van der Waals surface area (Å²) in [6.45, 7) is 4.32. The van der Waals surface area contributed by atoms with E-state index in [0.29, 0.717) is 12.2 Å². The van der Waals surface area contributed by atoms with Crippen LogP contribution in [0.1, 0.15) is 25.5 Å². The standard InChI is InChI=1S/C10H17N5O2/c1-4-5-6-14(3)9-8(15(16)17)7(2)12-10(11)13-9/h4-6H2,1-3H3,(H2,11,12,13). The third-order valence-corrected chi connectivity index (χ3v) is 2.45. The van der Waals surface area contributed by atoms with E-state index >= 15 is 0 Å². The second-order valence-corrected chi connectivity index (χ2v) is 3.87. The Morgan fingerprint density at radius 1 is 1.47 bits per heavy atom. The average Bonchev–Trinajstić information content (AvgIpc) is 2.23. The summed E-state index contributed by atoms with van der Waals surface area (Å²) in [6.07, 6.45) is 1.95. The van der Waals surface area contributed by atoms with E-state index in [2.05, 4.69) is 16.9 Å². The van der Waals surface area contributed by atoms with E-state index in [-0.39, 0.29) is 17.5 Å². The number of aryl methyl sites for hydroxylation is 1. The molecule has 7 heteroatoms. The van der Waals surface area contributed by atoms with Crippen molar-refractivity contribution < 1.29 is 4.92 Å². The second-order valence-electron chi connectivity index (χ2n) is 3.87. The van der Waals surface area contributed by atoms with Crippen molar-refractivity contribution in [1.82, 2.24) is 9.97 Å². The lowest BCUT2D eigenvalue weighted by Gasteiger charge is -2.18. The van der Waals surface area contributed by atoms with Gasteiger partial charge in [0.2, 0.25) is 11.8 Å². The van der Waals surface area contributed by atoms with Crippen LogP contribution in [0.4, 0.5) is 17.5 Å². The van der Waals surface area contributed by atoms with Crippen LogP contribution in [0.2, 0.25) is 0 Å². The van der Waals surface area contributed by atoms with Crippen molar-refractivity contribution in [2.75, 3.05) is 24.2 Å². The summed E-state index contributed by atoms with van der Waals surface area (Å²) in [5.41, 5.74) is 5.74. The predicted molar refractivity (Wildman–Crippen MR) is 66.0 cm³/mol. The number of hydrogen-bond donors (Lipinski definition) is 1. The van der Waals surface area contributed by atoms with Gasteiger partial charge in [0, 0.05) is 13.6 Å². The number of unbranched alkanes of at least 4 members (excludes halogenated alkanes) is 1. The lowest BCUT2D eigenvalue weighted by atomic mass is 10.3. The number of hydrogen-bond acceptors (Lipinski definition) is 6. The molecule has 0 unspecified atom stereocenters. The zero-order valence-corrected chi connectivity index (χ0v) is 10.3. The molecule has 0 saturated heterocycles. The van der Waals surface area contributed by atoms with Gasteiger partial charge in [-0.15, -0.1) is 0 Å². The van der Waals surface area contributed by atoms with Gasteiger partial charge in [0.15, 0.2) is 0 Å². The van der Waals surface area contributed by atoms with Gasteiger partial charge >= 0.3 is 5.69 Å². The Morgan fingerprint density at radius 3 is 2.65 bits per heavy atom. The van der Waals surface area contributed by atoms with Crippen LogP contribution in [0.5, 0.6) is 0 Å². The topological polar surface area (TPSA) is 98.2 Å². The summed E-state index contributed by atoms with van der Waals surface area (Å²) in [6, 6.07) is 0. The number of nitro groups is 1. The molecule has 0 fully saturated rings. The van der Waals surface area contributed by atoms with Gasteiger partial charge in [0.1, 0.15) is 5.69 Å².